The molecule has 0 saturated heterocycles. The van der Waals surface area contributed by atoms with Gasteiger partial charge < -0.3 is 10.8 Å². The van der Waals surface area contributed by atoms with Gasteiger partial charge in [0.2, 0.25) is 0 Å². The molecule has 3 atom stereocenters. The van der Waals surface area contributed by atoms with Crippen LogP contribution in [0.4, 0.5) is 0 Å². The number of rotatable bonds is 6. The van der Waals surface area contributed by atoms with Crippen LogP contribution in [0.15, 0.2) is 23.3 Å². The summed E-state index contributed by atoms with van der Waals surface area (Å²) in [4.78, 5) is 0. The molecule has 3 aliphatic carbocycles. The normalized spacial score (nSPS) is 28.0. The Morgan fingerprint density at radius 1 is 0.897 bits per heavy atom. The van der Waals surface area contributed by atoms with Gasteiger partial charge in [0, 0.05) is 0 Å². The number of fused-ring (bicyclic) bond motifs is 1. The number of aliphatic hydroxyl groups is 1. The van der Waals surface area contributed by atoms with Gasteiger partial charge >= 0.3 is 0 Å². The molecule has 170 valence electrons. The predicted molar refractivity (Wildman–Crippen MR) is 129 cm³/mol. The largest absolute Gasteiger partial charge is 0.390 e. The summed E-state index contributed by atoms with van der Waals surface area (Å²) >= 11 is 0. The van der Waals surface area contributed by atoms with Crippen molar-refractivity contribution in [1.29, 1.82) is 0 Å². The van der Waals surface area contributed by atoms with Crippen molar-refractivity contribution in [3.05, 3.63) is 23.3 Å². The van der Waals surface area contributed by atoms with E-state index in [0.29, 0.717) is 0 Å². The minimum Gasteiger partial charge on any atom is -0.390 e. The minimum atomic E-state index is -0.481. The molecule has 3 fully saturated rings. The molecule has 0 heterocycles. The Hall–Kier alpha value is -0.600. The number of hydrogen-bond donors (Lipinski definition) is 2. The van der Waals surface area contributed by atoms with Crippen LogP contribution in [0.3, 0.4) is 0 Å². The van der Waals surface area contributed by atoms with Crippen molar-refractivity contribution in [3.63, 3.8) is 0 Å². The lowest BCUT2D eigenvalue weighted by Crippen LogP contribution is -2.21. The molecule has 0 aliphatic heterocycles. The van der Waals surface area contributed by atoms with Crippen molar-refractivity contribution in [2.45, 2.75) is 123 Å². The fraction of sp³-hybridized carbons (Fsp3) is 0.852. The molecule has 3 N–H and O–H groups in total. The average molecular weight is 406 g/mol. The fourth-order valence-electron chi connectivity index (χ4n) is 5.70. The molecule has 3 unspecified atom stereocenters. The fourth-order valence-corrected chi connectivity index (χ4v) is 5.70. The van der Waals surface area contributed by atoms with E-state index in [4.69, 9.17) is 0 Å². The van der Waals surface area contributed by atoms with Crippen LogP contribution in [0.1, 0.15) is 118 Å². The third kappa shape index (κ3) is 9.39. The van der Waals surface area contributed by atoms with Crippen molar-refractivity contribution in [2.24, 2.45) is 23.5 Å². The van der Waals surface area contributed by atoms with Crippen LogP contribution in [-0.4, -0.2) is 17.8 Å². The van der Waals surface area contributed by atoms with Gasteiger partial charge in [-0.25, -0.2) is 0 Å². The summed E-state index contributed by atoms with van der Waals surface area (Å²) in [5.41, 5.74) is 7.52. The molecular weight excluding hydrogens is 354 g/mol. The maximum absolute atomic E-state index is 9.89. The topological polar surface area (TPSA) is 46.2 Å². The Balaban J connectivity index is 0.000000989. The van der Waals surface area contributed by atoms with E-state index in [1.807, 2.05) is 27.7 Å². The van der Waals surface area contributed by atoms with Gasteiger partial charge in [0.1, 0.15) is 0 Å². The molecular formula is C27H51NO. The Bertz CT molecular complexity index is 477. The van der Waals surface area contributed by atoms with Crippen LogP contribution in [0.25, 0.3) is 0 Å². The van der Waals surface area contributed by atoms with Crippen molar-refractivity contribution in [2.75, 3.05) is 7.05 Å². The molecule has 29 heavy (non-hydrogen) atoms. The molecule has 0 radical (unpaired) electrons. The zero-order chi connectivity index (χ0) is 21.7. The molecule has 0 aromatic carbocycles. The summed E-state index contributed by atoms with van der Waals surface area (Å²) in [6.45, 7) is 7.88. The third-order valence-corrected chi connectivity index (χ3v) is 7.09. The zero-order valence-electron chi connectivity index (χ0n) is 20.3. The van der Waals surface area contributed by atoms with E-state index in [9.17, 15) is 5.11 Å². The lowest BCUT2D eigenvalue weighted by molar-refractivity contribution is 0.0673. The van der Waals surface area contributed by atoms with E-state index >= 15 is 0 Å². The Kier molecular flexibility index (Phi) is 13.1. The number of allylic oxidation sites excluding steroid dienone is 4. The number of hydrogen-bond acceptors (Lipinski definition) is 2. The van der Waals surface area contributed by atoms with Crippen LogP contribution in [0.2, 0.25) is 0 Å². The predicted octanol–water partition coefficient (Wildman–Crippen LogP) is 7.56. The van der Waals surface area contributed by atoms with Gasteiger partial charge in [-0.05, 0) is 103 Å². The van der Waals surface area contributed by atoms with Crippen LogP contribution in [0, 0.1) is 17.8 Å². The average Bonchev–Trinajstić information content (AvgIpc) is 3.16. The van der Waals surface area contributed by atoms with Gasteiger partial charge in [0.05, 0.1) is 5.60 Å². The Morgan fingerprint density at radius 2 is 1.59 bits per heavy atom. The molecule has 3 saturated carbocycles. The molecule has 2 heteroatoms. The summed E-state index contributed by atoms with van der Waals surface area (Å²) in [7, 11) is 1.50. The maximum atomic E-state index is 9.89. The van der Waals surface area contributed by atoms with Gasteiger partial charge in [0.15, 0.2) is 0 Å². The van der Waals surface area contributed by atoms with Gasteiger partial charge in [-0.2, -0.15) is 0 Å². The Labute approximate surface area is 182 Å². The van der Waals surface area contributed by atoms with E-state index < -0.39 is 5.60 Å². The second-order valence-electron chi connectivity index (χ2n) is 9.69. The van der Waals surface area contributed by atoms with E-state index in [2.05, 4.69) is 17.9 Å². The second-order valence-corrected chi connectivity index (χ2v) is 9.69. The van der Waals surface area contributed by atoms with E-state index in [1.54, 1.807) is 11.1 Å². The maximum Gasteiger partial charge on any atom is 0.0591 e. The second kappa shape index (κ2) is 14.4. The highest BCUT2D eigenvalue weighted by Crippen LogP contribution is 2.50. The number of nitrogens with two attached hydrogens (primary N) is 1. The molecule has 0 aromatic heterocycles. The smallest absolute Gasteiger partial charge is 0.0591 e. The summed E-state index contributed by atoms with van der Waals surface area (Å²) in [6.07, 6.45) is 24.0. The van der Waals surface area contributed by atoms with Gasteiger partial charge in [-0.1, -0.05) is 62.8 Å². The monoisotopic (exact) mass is 405 g/mol. The summed E-state index contributed by atoms with van der Waals surface area (Å²) in [5, 5.41) is 9.89. The summed E-state index contributed by atoms with van der Waals surface area (Å²) < 4.78 is 0. The van der Waals surface area contributed by atoms with E-state index in [0.717, 1.165) is 24.2 Å². The van der Waals surface area contributed by atoms with Crippen LogP contribution in [-0.2, 0) is 0 Å². The van der Waals surface area contributed by atoms with Gasteiger partial charge in [-0.15, -0.1) is 0 Å². The van der Waals surface area contributed by atoms with Gasteiger partial charge in [0.25, 0.3) is 0 Å². The first-order valence-corrected chi connectivity index (χ1v) is 12.7. The molecule has 0 amide bonds. The van der Waals surface area contributed by atoms with E-state index in [-0.39, 0.29) is 0 Å². The highest BCUT2D eigenvalue weighted by Gasteiger charge is 2.39. The van der Waals surface area contributed by atoms with Crippen molar-refractivity contribution < 1.29 is 5.11 Å². The first kappa shape index (κ1) is 26.4. The van der Waals surface area contributed by atoms with E-state index in [1.165, 1.54) is 90.5 Å². The minimum absolute atomic E-state index is 0.481. The molecule has 3 aliphatic rings. The standard InChI is InChI=1S/C24H40O.C2H6.CH5N/c1-24(2,25)18-7-6-11-20-16-17-23-21(12-8-13-22(20)23)15-14-19-9-4-3-5-10-19;2*1-2/h14-15,20,22-23,25H,3-13,16-18H2,1-2H3;1-2H3;2H2,1H3/b21-15+;;. The molecule has 0 bridgehead atoms. The quantitative estimate of drug-likeness (QED) is 0.448. The molecule has 2 nitrogen and oxygen atoms in total. The van der Waals surface area contributed by atoms with Crippen LogP contribution in [0.5, 0.6) is 0 Å². The third-order valence-electron chi connectivity index (χ3n) is 7.09. The SMILES string of the molecule is CC.CC(C)(O)CCCCC1CCC2/C(=C/C=C3CCCCC3)CCCC12.CN. The van der Waals surface area contributed by atoms with Crippen molar-refractivity contribution in [3.8, 4) is 0 Å². The molecule has 0 spiro atoms. The lowest BCUT2D eigenvalue weighted by Gasteiger charge is -2.32. The highest BCUT2D eigenvalue weighted by atomic mass is 16.3. The first-order valence-electron chi connectivity index (χ1n) is 12.7. The van der Waals surface area contributed by atoms with Crippen molar-refractivity contribution in [1.82, 2.24) is 0 Å². The zero-order valence-corrected chi connectivity index (χ0v) is 20.3. The van der Waals surface area contributed by atoms with Crippen LogP contribution < -0.4 is 5.73 Å². The highest BCUT2D eigenvalue weighted by molar-refractivity contribution is 5.23. The molecule has 3 rings (SSSR count). The number of unbranched alkanes of at least 4 members (excludes halogenated alkanes) is 1. The van der Waals surface area contributed by atoms with Gasteiger partial charge in [-0.3, -0.25) is 0 Å². The Morgan fingerprint density at radius 3 is 2.24 bits per heavy atom. The molecule has 0 aromatic rings. The van der Waals surface area contributed by atoms with Crippen LogP contribution >= 0.6 is 0 Å². The van der Waals surface area contributed by atoms with Crippen molar-refractivity contribution >= 4 is 0 Å². The first-order chi connectivity index (χ1) is 14.0. The summed E-state index contributed by atoms with van der Waals surface area (Å²) in [6, 6.07) is 0. The lowest BCUT2D eigenvalue weighted by atomic mass is 9.73. The summed E-state index contributed by atoms with van der Waals surface area (Å²) in [5.74, 6) is 2.82.